The van der Waals surface area contributed by atoms with Gasteiger partial charge in [-0.3, -0.25) is 0 Å². The van der Waals surface area contributed by atoms with Crippen molar-refractivity contribution in [1.29, 1.82) is 0 Å². The van der Waals surface area contributed by atoms with Gasteiger partial charge in [0.1, 0.15) is 0 Å². The first kappa shape index (κ1) is 23.0. The molecule has 0 radical (unpaired) electrons. The summed E-state index contributed by atoms with van der Waals surface area (Å²) in [6.45, 7) is 7.34. The molecule has 0 aliphatic heterocycles. The number of para-hydroxylation sites is 2. The zero-order chi connectivity index (χ0) is 22.9. The van der Waals surface area contributed by atoms with E-state index < -0.39 is 0 Å². The SMILES string of the molecule is C=C(N/C(=C/C(N)Cc1ccc(N)cc1)c1ccccc1N)c1ccccc1NCCC. The van der Waals surface area contributed by atoms with Gasteiger partial charge in [0.05, 0.1) is 0 Å². The minimum absolute atomic E-state index is 0.220. The van der Waals surface area contributed by atoms with Gasteiger partial charge in [-0.2, -0.15) is 0 Å². The Morgan fingerprint density at radius 1 is 0.938 bits per heavy atom. The van der Waals surface area contributed by atoms with Crippen molar-refractivity contribution < 1.29 is 0 Å². The Labute approximate surface area is 191 Å². The minimum atomic E-state index is -0.220. The predicted molar refractivity (Wildman–Crippen MR) is 139 cm³/mol. The largest absolute Gasteiger partial charge is 0.399 e. The number of rotatable bonds is 10. The van der Waals surface area contributed by atoms with Gasteiger partial charge in [0.2, 0.25) is 0 Å². The molecule has 0 aliphatic rings. The highest BCUT2D eigenvalue weighted by atomic mass is 14.9. The Balaban J connectivity index is 1.88. The molecule has 0 fully saturated rings. The number of benzene rings is 3. The molecule has 0 spiro atoms. The van der Waals surface area contributed by atoms with Crippen LogP contribution in [0.25, 0.3) is 11.4 Å². The quantitative estimate of drug-likeness (QED) is 0.298. The molecule has 32 heavy (non-hydrogen) atoms. The summed E-state index contributed by atoms with van der Waals surface area (Å²) in [6.07, 6.45) is 3.73. The zero-order valence-electron chi connectivity index (χ0n) is 18.6. The van der Waals surface area contributed by atoms with Crippen LogP contribution < -0.4 is 27.8 Å². The van der Waals surface area contributed by atoms with Crippen LogP contribution in [0.15, 0.2) is 85.5 Å². The number of nitrogens with two attached hydrogens (primary N) is 3. The summed E-state index contributed by atoms with van der Waals surface area (Å²) in [5.41, 5.74) is 25.7. The zero-order valence-corrected chi connectivity index (χ0v) is 18.6. The highest BCUT2D eigenvalue weighted by Crippen LogP contribution is 2.26. The Hall–Kier alpha value is -3.70. The predicted octanol–water partition coefficient (Wildman–Crippen LogP) is 4.84. The van der Waals surface area contributed by atoms with Crippen LogP contribution in [0.2, 0.25) is 0 Å². The molecule has 5 nitrogen and oxygen atoms in total. The summed E-state index contributed by atoms with van der Waals surface area (Å²) in [5, 5.41) is 6.95. The molecule has 3 aromatic rings. The number of anilines is 3. The number of nitrogens with one attached hydrogen (secondary N) is 2. The van der Waals surface area contributed by atoms with Crippen molar-refractivity contribution in [2.45, 2.75) is 25.8 Å². The van der Waals surface area contributed by atoms with Crippen LogP contribution in [0.5, 0.6) is 0 Å². The lowest BCUT2D eigenvalue weighted by atomic mass is 10.0. The molecule has 1 atom stereocenters. The first-order chi connectivity index (χ1) is 15.5. The van der Waals surface area contributed by atoms with Gasteiger partial charge in [0, 0.05) is 52.2 Å². The molecule has 3 aromatic carbocycles. The van der Waals surface area contributed by atoms with E-state index in [2.05, 4.69) is 30.2 Å². The van der Waals surface area contributed by atoms with Crippen molar-refractivity contribution in [3.8, 4) is 0 Å². The molecule has 1 unspecified atom stereocenters. The monoisotopic (exact) mass is 427 g/mol. The molecule has 0 bridgehead atoms. The van der Waals surface area contributed by atoms with Crippen molar-refractivity contribution in [2.24, 2.45) is 5.73 Å². The molecular formula is C27H33N5. The molecule has 0 aliphatic carbocycles. The van der Waals surface area contributed by atoms with Gasteiger partial charge in [0.15, 0.2) is 0 Å². The van der Waals surface area contributed by atoms with Crippen LogP contribution in [0.4, 0.5) is 17.1 Å². The Morgan fingerprint density at radius 2 is 1.59 bits per heavy atom. The molecule has 3 rings (SSSR count). The van der Waals surface area contributed by atoms with E-state index in [1.807, 2.05) is 72.8 Å². The molecule has 0 aromatic heterocycles. The minimum Gasteiger partial charge on any atom is -0.399 e. The maximum absolute atomic E-state index is 6.51. The maximum Gasteiger partial charge on any atom is 0.0453 e. The van der Waals surface area contributed by atoms with Crippen LogP contribution in [0.1, 0.15) is 30.0 Å². The van der Waals surface area contributed by atoms with Crippen molar-refractivity contribution in [3.63, 3.8) is 0 Å². The van der Waals surface area contributed by atoms with E-state index in [0.717, 1.165) is 52.4 Å². The lowest BCUT2D eigenvalue weighted by Crippen LogP contribution is -2.23. The second-order valence-electron chi connectivity index (χ2n) is 7.85. The first-order valence-corrected chi connectivity index (χ1v) is 10.9. The van der Waals surface area contributed by atoms with Crippen LogP contribution in [0, 0.1) is 0 Å². The van der Waals surface area contributed by atoms with Crippen LogP contribution in [-0.4, -0.2) is 12.6 Å². The number of hydrogen-bond acceptors (Lipinski definition) is 5. The summed E-state index contributed by atoms with van der Waals surface area (Å²) in [7, 11) is 0. The van der Waals surface area contributed by atoms with Gasteiger partial charge in [-0.05, 0) is 48.7 Å². The third kappa shape index (κ3) is 6.15. The highest BCUT2D eigenvalue weighted by molar-refractivity contribution is 5.84. The van der Waals surface area contributed by atoms with E-state index in [1.165, 1.54) is 0 Å². The van der Waals surface area contributed by atoms with Crippen molar-refractivity contribution in [2.75, 3.05) is 23.3 Å². The average molecular weight is 428 g/mol. The molecular weight excluding hydrogens is 394 g/mol. The van der Waals surface area contributed by atoms with Crippen molar-refractivity contribution >= 4 is 28.5 Å². The van der Waals surface area contributed by atoms with E-state index in [1.54, 1.807) is 0 Å². The van der Waals surface area contributed by atoms with Gasteiger partial charge in [-0.1, -0.05) is 62.0 Å². The van der Waals surface area contributed by atoms with Crippen molar-refractivity contribution in [3.05, 3.63) is 102 Å². The summed E-state index contributed by atoms with van der Waals surface area (Å²) in [4.78, 5) is 0. The van der Waals surface area contributed by atoms with E-state index in [9.17, 15) is 0 Å². The number of hydrogen-bond donors (Lipinski definition) is 5. The molecule has 5 heteroatoms. The molecule has 0 amide bonds. The molecule has 0 saturated heterocycles. The third-order valence-electron chi connectivity index (χ3n) is 5.19. The normalized spacial score (nSPS) is 12.2. The van der Waals surface area contributed by atoms with Gasteiger partial charge in [-0.25, -0.2) is 0 Å². The first-order valence-electron chi connectivity index (χ1n) is 10.9. The third-order valence-corrected chi connectivity index (χ3v) is 5.19. The van der Waals surface area contributed by atoms with Gasteiger partial charge in [-0.15, -0.1) is 0 Å². The molecule has 166 valence electrons. The number of nitrogen functional groups attached to an aromatic ring is 2. The lowest BCUT2D eigenvalue weighted by molar-refractivity contribution is 0.808. The average Bonchev–Trinajstić information content (AvgIpc) is 2.79. The standard InChI is InChI=1S/C27H33N5/c1-3-16-31-26-11-7-5-8-23(26)19(2)32-27(24-9-4-6-10-25(24)30)18-22(29)17-20-12-14-21(28)15-13-20/h4-15,18,22,31-32H,2-3,16-17,28-30H2,1H3/b27-18+. The van der Waals surface area contributed by atoms with Gasteiger partial charge < -0.3 is 27.8 Å². The fraction of sp³-hybridized carbons (Fsp3) is 0.185. The molecule has 0 heterocycles. The molecule has 0 saturated carbocycles. The van der Waals surface area contributed by atoms with Gasteiger partial charge >= 0.3 is 0 Å². The second-order valence-corrected chi connectivity index (χ2v) is 7.85. The summed E-state index contributed by atoms with van der Waals surface area (Å²) >= 11 is 0. The van der Waals surface area contributed by atoms with Crippen LogP contribution in [-0.2, 0) is 6.42 Å². The van der Waals surface area contributed by atoms with Crippen LogP contribution >= 0.6 is 0 Å². The Kier molecular flexibility index (Phi) is 7.95. The maximum atomic E-state index is 6.51. The highest BCUT2D eigenvalue weighted by Gasteiger charge is 2.12. The summed E-state index contributed by atoms with van der Waals surface area (Å²) in [5.74, 6) is 0. The molecule has 8 N–H and O–H groups in total. The van der Waals surface area contributed by atoms with Gasteiger partial charge in [0.25, 0.3) is 0 Å². The van der Waals surface area contributed by atoms with Crippen molar-refractivity contribution in [1.82, 2.24) is 5.32 Å². The van der Waals surface area contributed by atoms with E-state index >= 15 is 0 Å². The van der Waals surface area contributed by atoms with E-state index in [4.69, 9.17) is 17.2 Å². The van der Waals surface area contributed by atoms with E-state index in [0.29, 0.717) is 12.1 Å². The fourth-order valence-corrected chi connectivity index (χ4v) is 3.53. The Morgan fingerprint density at radius 3 is 2.28 bits per heavy atom. The smallest absolute Gasteiger partial charge is 0.0453 e. The summed E-state index contributed by atoms with van der Waals surface area (Å²) < 4.78 is 0. The second kappa shape index (κ2) is 11.1. The topological polar surface area (TPSA) is 102 Å². The van der Waals surface area contributed by atoms with E-state index in [-0.39, 0.29) is 6.04 Å². The fourth-order valence-electron chi connectivity index (χ4n) is 3.53. The Bertz CT molecular complexity index is 1070. The summed E-state index contributed by atoms with van der Waals surface area (Å²) in [6, 6.07) is 23.5. The van der Waals surface area contributed by atoms with Crippen LogP contribution in [0.3, 0.4) is 0 Å². The lowest BCUT2D eigenvalue weighted by Gasteiger charge is -2.20.